The maximum absolute atomic E-state index is 6.93. The summed E-state index contributed by atoms with van der Waals surface area (Å²) in [5, 5.41) is 9.59. The van der Waals surface area contributed by atoms with E-state index in [4.69, 9.17) is 13.8 Å². The molecule has 12 rings (SSSR count). The van der Waals surface area contributed by atoms with Crippen LogP contribution in [-0.2, 0) is 0 Å². The highest BCUT2D eigenvalue weighted by Gasteiger charge is 2.21. The van der Waals surface area contributed by atoms with E-state index >= 15 is 0 Å². The normalized spacial score (nSPS) is 12.2. The fraction of sp³-hybridized carbons (Fsp3) is 0. The summed E-state index contributed by atoms with van der Waals surface area (Å²) >= 11 is 1.88. The predicted octanol–water partition coefficient (Wildman–Crippen LogP) is 13.7. The second-order valence-electron chi connectivity index (χ2n) is 13.5. The van der Waals surface area contributed by atoms with Crippen LogP contribution in [0, 0.1) is 0 Å². The van der Waals surface area contributed by atoms with Crippen LogP contribution in [0.5, 0.6) is 0 Å². The molecule has 8 aromatic carbocycles. The highest BCUT2D eigenvalue weighted by molar-refractivity contribution is 7.26. The first-order chi connectivity index (χ1) is 25.8. The third-order valence-corrected chi connectivity index (χ3v) is 11.8. The van der Waals surface area contributed by atoms with Gasteiger partial charge in [0.05, 0.1) is 16.7 Å². The average molecular weight is 683 g/mol. The van der Waals surface area contributed by atoms with Crippen molar-refractivity contribution in [3.63, 3.8) is 0 Å². The molecule has 0 aliphatic heterocycles. The number of thiophene rings is 1. The molecule has 0 N–H and O–H groups in total. The number of oxazole rings is 1. The lowest BCUT2D eigenvalue weighted by Crippen LogP contribution is -1.95. The van der Waals surface area contributed by atoms with Crippen LogP contribution in [0.25, 0.3) is 114 Å². The monoisotopic (exact) mass is 682 g/mol. The minimum Gasteiger partial charge on any atom is -0.455 e. The summed E-state index contributed by atoms with van der Waals surface area (Å²) in [5.41, 5.74) is 9.80. The predicted molar refractivity (Wildman–Crippen MR) is 217 cm³/mol. The summed E-state index contributed by atoms with van der Waals surface area (Å²) in [4.78, 5) is 4.94. The summed E-state index contributed by atoms with van der Waals surface area (Å²) in [6.07, 6.45) is 0. The largest absolute Gasteiger partial charge is 0.455 e. The Morgan fingerprint density at radius 2 is 1.31 bits per heavy atom. The zero-order valence-electron chi connectivity index (χ0n) is 27.6. The first kappa shape index (κ1) is 28.1. The molecular weight excluding hydrogens is 657 g/mol. The van der Waals surface area contributed by atoms with Gasteiger partial charge in [-0.3, -0.25) is 0 Å². The van der Waals surface area contributed by atoms with Crippen molar-refractivity contribution >= 4 is 97.1 Å². The van der Waals surface area contributed by atoms with Gasteiger partial charge in [0.2, 0.25) is 5.89 Å². The van der Waals surface area contributed by atoms with Gasteiger partial charge < -0.3 is 13.4 Å². The molecule has 0 atom stereocenters. The maximum Gasteiger partial charge on any atom is 0.227 e. The molecular formula is C47H26N2O2S. The lowest BCUT2D eigenvalue weighted by molar-refractivity contribution is 0.620. The molecule has 4 heterocycles. The van der Waals surface area contributed by atoms with Crippen molar-refractivity contribution in [1.29, 1.82) is 0 Å². The fourth-order valence-electron chi connectivity index (χ4n) is 8.32. The van der Waals surface area contributed by atoms with Gasteiger partial charge in [0.15, 0.2) is 5.58 Å². The number of hydrogen-bond donors (Lipinski definition) is 0. The van der Waals surface area contributed by atoms with Crippen LogP contribution in [-0.4, -0.2) is 9.55 Å². The second-order valence-corrected chi connectivity index (χ2v) is 14.5. The zero-order chi connectivity index (χ0) is 33.9. The van der Waals surface area contributed by atoms with Crippen molar-refractivity contribution in [2.75, 3.05) is 0 Å². The van der Waals surface area contributed by atoms with Crippen molar-refractivity contribution in [2.24, 2.45) is 0 Å². The summed E-state index contributed by atoms with van der Waals surface area (Å²) < 4.78 is 18.2. The van der Waals surface area contributed by atoms with E-state index < -0.39 is 0 Å². The summed E-state index contributed by atoms with van der Waals surface area (Å²) in [7, 11) is 0. The number of fused-ring (bicyclic) bond motifs is 13. The van der Waals surface area contributed by atoms with E-state index in [1.165, 1.54) is 42.0 Å². The van der Waals surface area contributed by atoms with Crippen molar-refractivity contribution < 1.29 is 8.83 Å². The maximum atomic E-state index is 6.93. The van der Waals surface area contributed by atoms with Gasteiger partial charge in [-0.2, -0.15) is 0 Å². The molecule has 0 unspecified atom stereocenters. The van der Waals surface area contributed by atoms with E-state index in [1.54, 1.807) is 0 Å². The van der Waals surface area contributed by atoms with Gasteiger partial charge in [-0.25, -0.2) is 4.98 Å². The quantitative estimate of drug-likeness (QED) is 0.186. The van der Waals surface area contributed by atoms with Gasteiger partial charge in [0.1, 0.15) is 16.7 Å². The van der Waals surface area contributed by atoms with Crippen LogP contribution in [0.2, 0.25) is 0 Å². The van der Waals surface area contributed by atoms with Gasteiger partial charge in [-0.1, -0.05) is 97.1 Å². The van der Waals surface area contributed by atoms with Crippen LogP contribution < -0.4 is 0 Å². The minimum absolute atomic E-state index is 0.616. The van der Waals surface area contributed by atoms with Crippen molar-refractivity contribution in [2.45, 2.75) is 0 Å². The number of nitrogens with zero attached hydrogens (tertiary/aromatic N) is 2. The molecule has 0 aliphatic carbocycles. The number of benzene rings is 8. The number of hydrogen-bond acceptors (Lipinski definition) is 4. The number of para-hydroxylation sites is 2. The van der Waals surface area contributed by atoms with Gasteiger partial charge >= 0.3 is 0 Å². The van der Waals surface area contributed by atoms with Crippen molar-refractivity contribution in [3.8, 4) is 28.3 Å². The lowest BCUT2D eigenvalue weighted by atomic mass is 10.0. The van der Waals surface area contributed by atoms with Crippen molar-refractivity contribution in [1.82, 2.24) is 9.55 Å². The Balaban J connectivity index is 1.10. The lowest BCUT2D eigenvalue weighted by Gasteiger charge is -2.12. The van der Waals surface area contributed by atoms with Crippen LogP contribution in [0.3, 0.4) is 0 Å². The summed E-state index contributed by atoms with van der Waals surface area (Å²) in [6.45, 7) is 0. The summed E-state index contributed by atoms with van der Waals surface area (Å²) in [6, 6.07) is 55.8. The van der Waals surface area contributed by atoms with Gasteiger partial charge in [0, 0.05) is 58.2 Å². The minimum atomic E-state index is 0.616. The number of aromatic nitrogens is 2. The van der Waals surface area contributed by atoms with E-state index in [1.807, 2.05) is 53.8 Å². The fourth-order valence-corrected chi connectivity index (χ4v) is 9.58. The number of rotatable bonds is 3. The first-order valence-electron chi connectivity index (χ1n) is 17.5. The zero-order valence-corrected chi connectivity index (χ0v) is 28.4. The third kappa shape index (κ3) is 3.83. The molecule has 0 bridgehead atoms. The Kier molecular flexibility index (Phi) is 5.62. The van der Waals surface area contributed by atoms with E-state index in [0.29, 0.717) is 5.89 Å². The van der Waals surface area contributed by atoms with Crippen molar-refractivity contribution in [3.05, 3.63) is 158 Å². The highest BCUT2D eigenvalue weighted by atomic mass is 32.1. The Labute approximate surface area is 300 Å². The van der Waals surface area contributed by atoms with Gasteiger partial charge in [-0.05, 0) is 71.6 Å². The van der Waals surface area contributed by atoms with Crippen LogP contribution in [0.4, 0.5) is 0 Å². The molecule has 0 saturated heterocycles. The van der Waals surface area contributed by atoms with Crippen LogP contribution >= 0.6 is 11.3 Å². The molecule has 4 nitrogen and oxygen atoms in total. The SMILES string of the molecule is c1ccc(-c2nc3c(-c4ccc5c(c4)oc4c5ccc5cccc(-n6c7ccccc7c7c8sc9ccccc9c8ccc76)c54)cccc3o2)cc1. The third-order valence-electron chi connectivity index (χ3n) is 10.6. The van der Waals surface area contributed by atoms with Gasteiger partial charge in [0.25, 0.3) is 0 Å². The second kappa shape index (κ2) is 10.4. The smallest absolute Gasteiger partial charge is 0.227 e. The Hall–Kier alpha value is -6.69. The average Bonchev–Trinajstić information content (AvgIpc) is 3.97. The van der Waals surface area contributed by atoms with Crippen LogP contribution in [0.15, 0.2) is 167 Å². The standard InChI is InChI=1S/C47H26N2O2S/c1-2-10-28(11-3-1)47-48-44-30(15-9-18-39(44)51-47)29-21-22-31-33-23-20-27-12-8-17-37(42(27)45(33)50-40(31)26-29)49-36-16-6-4-14-35(36)43-38(49)25-24-34-32-13-5-7-19-41(32)52-46(34)43/h1-26H. The van der Waals surface area contributed by atoms with Crippen LogP contribution in [0.1, 0.15) is 0 Å². The Morgan fingerprint density at radius 1 is 0.500 bits per heavy atom. The highest BCUT2D eigenvalue weighted by Crippen LogP contribution is 2.45. The molecule has 0 saturated carbocycles. The molecule has 0 spiro atoms. The molecule has 242 valence electrons. The van der Waals surface area contributed by atoms with E-state index in [2.05, 4.69) is 120 Å². The van der Waals surface area contributed by atoms with Gasteiger partial charge in [-0.15, -0.1) is 11.3 Å². The summed E-state index contributed by atoms with van der Waals surface area (Å²) in [5.74, 6) is 0.616. The molecule has 0 radical (unpaired) electrons. The Bertz CT molecular complexity index is 3420. The molecule has 0 amide bonds. The Morgan fingerprint density at radius 3 is 2.25 bits per heavy atom. The number of furan rings is 1. The molecule has 5 heteroatoms. The molecule has 4 aromatic heterocycles. The topological polar surface area (TPSA) is 44.1 Å². The molecule has 12 aromatic rings. The van der Waals surface area contributed by atoms with E-state index in [0.717, 1.165) is 66.2 Å². The molecule has 0 aliphatic rings. The van der Waals surface area contributed by atoms with E-state index in [9.17, 15) is 0 Å². The molecule has 52 heavy (non-hydrogen) atoms. The first-order valence-corrected chi connectivity index (χ1v) is 18.3. The van der Waals surface area contributed by atoms with E-state index in [-0.39, 0.29) is 0 Å². The molecule has 0 fully saturated rings.